The molecule has 2 aromatic rings. The maximum Gasteiger partial charge on any atom is 0.502 e. The van der Waals surface area contributed by atoms with E-state index in [1.807, 2.05) is 17.0 Å². The van der Waals surface area contributed by atoms with Crippen LogP contribution >= 0.6 is 0 Å². The Balaban J connectivity index is 1.54. The molecule has 9 nitrogen and oxygen atoms in total. The number of hydrogen-bond donors (Lipinski definition) is 1. The highest BCUT2D eigenvalue weighted by atomic mass is 19.1. The molecule has 0 saturated carbocycles. The largest absolute Gasteiger partial charge is 0.502 e. The number of amides is 3. The summed E-state index contributed by atoms with van der Waals surface area (Å²) in [5.74, 6) is -1.99. The van der Waals surface area contributed by atoms with Gasteiger partial charge in [0, 0.05) is 29.6 Å². The summed E-state index contributed by atoms with van der Waals surface area (Å²) in [4.78, 5) is 40.5. The second-order valence-electron chi connectivity index (χ2n) is 6.77. The molecule has 1 N–H and O–H groups in total. The van der Waals surface area contributed by atoms with Crippen molar-refractivity contribution in [3.05, 3.63) is 54.3 Å². The van der Waals surface area contributed by atoms with Crippen LogP contribution in [0.25, 0.3) is 0 Å². The lowest BCUT2D eigenvalue weighted by Gasteiger charge is -2.27. The summed E-state index contributed by atoms with van der Waals surface area (Å²) < 4.78 is 19.3. The molecule has 3 amide bonds. The number of azo groups is 2. The molecule has 2 aromatic carbocycles. The minimum Gasteiger partial charge on any atom is -0.497 e. The van der Waals surface area contributed by atoms with E-state index in [-0.39, 0.29) is 5.69 Å². The van der Waals surface area contributed by atoms with Crippen molar-refractivity contribution in [2.75, 3.05) is 37.0 Å². The fourth-order valence-electron chi connectivity index (χ4n) is 3.41. The Kier molecular flexibility index (Phi) is 5.13. The van der Waals surface area contributed by atoms with E-state index in [9.17, 15) is 18.8 Å². The third-order valence-electron chi connectivity index (χ3n) is 4.87. The van der Waals surface area contributed by atoms with Crippen molar-refractivity contribution >= 4 is 29.1 Å². The van der Waals surface area contributed by atoms with Crippen LogP contribution in [-0.2, 0) is 14.4 Å². The van der Waals surface area contributed by atoms with Crippen molar-refractivity contribution in [1.82, 2.24) is 4.90 Å². The zero-order valence-electron chi connectivity index (χ0n) is 16.1. The van der Waals surface area contributed by atoms with Gasteiger partial charge in [-0.1, -0.05) is 6.07 Å². The third-order valence-corrected chi connectivity index (χ3v) is 4.87. The van der Waals surface area contributed by atoms with Gasteiger partial charge in [-0.25, -0.2) is 9.18 Å². The number of nitrogens with one attached hydrogen (secondary N) is 1. The second-order valence-corrected chi connectivity index (χ2v) is 6.77. The van der Waals surface area contributed by atoms with Gasteiger partial charge in [-0.3, -0.25) is 14.5 Å². The Bertz CT molecular complexity index is 1040. The normalized spacial score (nSPS) is 18.2. The SMILES string of the molecule is COc1ccc(N2CCN3C(=O)C(=O)[N+](CC(=O)Nc4cccc(F)c4)=NC32)cc1. The molecular formula is C20H19FN5O4+. The molecule has 0 spiro atoms. The molecule has 2 aliphatic rings. The number of carbonyl (C=O) groups is 3. The highest BCUT2D eigenvalue weighted by Crippen LogP contribution is 2.28. The molecular weight excluding hydrogens is 393 g/mol. The lowest BCUT2D eigenvalue weighted by molar-refractivity contribution is -0.509. The van der Waals surface area contributed by atoms with E-state index in [0.29, 0.717) is 18.8 Å². The first kappa shape index (κ1) is 19.5. The standard InChI is InChI=1S/C20H18FN5O4/c1-30-16-7-5-15(6-8-16)24-9-10-25-18(28)19(29)26(23-20(24)25)12-17(27)22-14-4-2-3-13(21)11-14/h2-8,11,20H,9-10,12H2,1H3/p+1. The van der Waals surface area contributed by atoms with Gasteiger partial charge in [0.25, 0.3) is 18.7 Å². The van der Waals surface area contributed by atoms with Crippen molar-refractivity contribution in [2.24, 2.45) is 5.11 Å². The van der Waals surface area contributed by atoms with Crippen molar-refractivity contribution < 1.29 is 28.2 Å². The minimum absolute atomic E-state index is 0.248. The molecule has 2 heterocycles. The molecule has 1 saturated heterocycles. The summed E-state index contributed by atoms with van der Waals surface area (Å²) in [5.41, 5.74) is 1.05. The molecule has 1 atom stereocenters. The smallest absolute Gasteiger partial charge is 0.497 e. The molecule has 1 unspecified atom stereocenters. The van der Waals surface area contributed by atoms with E-state index in [1.54, 1.807) is 19.2 Å². The van der Waals surface area contributed by atoms with Crippen molar-refractivity contribution in [3.63, 3.8) is 0 Å². The summed E-state index contributed by atoms with van der Waals surface area (Å²) >= 11 is 0. The fraction of sp³-hybridized carbons (Fsp3) is 0.250. The molecule has 1 fully saturated rings. The van der Waals surface area contributed by atoms with Gasteiger partial charge < -0.3 is 15.0 Å². The monoisotopic (exact) mass is 412 g/mol. The molecule has 0 bridgehead atoms. The Morgan fingerprint density at radius 1 is 1.20 bits per heavy atom. The molecule has 0 radical (unpaired) electrons. The first-order valence-electron chi connectivity index (χ1n) is 9.25. The van der Waals surface area contributed by atoms with Crippen molar-refractivity contribution in [3.8, 4) is 5.75 Å². The second kappa shape index (κ2) is 7.90. The van der Waals surface area contributed by atoms with Crippen molar-refractivity contribution in [2.45, 2.75) is 6.29 Å². The number of nitrogens with zero attached hydrogens (tertiary/aromatic N) is 4. The maximum atomic E-state index is 13.3. The van der Waals surface area contributed by atoms with E-state index in [1.165, 1.54) is 23.1 Å². The average molecular weight is 412 g/mol. The number of ether oxygens (including phenoxy) is 1. The van der Waals surface area contributed by atoms with E-state index in [0.717, 1.165) is 16.5 Å². The number of fused-ring (bicyclic) bond motifs is 1. The summed E-state index contributed by atoms with van der Waals surface area (Å²) in [7, 11) is 1.57. The Labute approximate surface area is 171 Å². The minimum atomic E-state index is -0.878. The van der Waals surface area contributed by atoms with Crippen LogP contribution in [0.2, 0.25) is 0 Å². The van der Waals surface area contributed by atoms with E-state index in [4.69, 9.17) is 4.74 Å². The first-order chi connectivity index (χ1) is 14.5. The highest BCUT2D eigenvalue weighted by Gasteiger charge is 2.49. The molecule has 154 valence electrons. The molecule has 10 heteroatoms. The number of halogens is 1. The average Bonchev–Trinajstić information content (AvgIpc) is 3.15. The van der Waals surface area contributed by atoms with Gasteiger partial charge in [0.15, 0.2) is 0 Å². The Morgan fingerprint density at radius 2 is 1.93 bits per heavy atom. The number of rotatable bonds is 5. The molecule has 0 aliphatic carbocycles. The van der Waals surface area contributed by atoms with Crippen molar-refractivity contribution in [1.29, 1.82) is 0 Å². The van der Waals surface area contributed by atoms with Gasteiger partial charge in [-0.15, -0.1) is 0 Å². The van der Waals surface area contributed by atoms with Gasteiger partial charge >= 0.3 is 11.8 Å². The summed E-state index contributed by atoms with van der Waals surface area (Å²) in [6.45, 7) is 0.374. The molecule has 0 aromatic heterocycles. The van der Waals surface area contributed by atoms with E-state index in [2.05, 4.69) is 10.4 Å². The topological polar surface area (TPSA) is 94.3 Å². The number of methoxy groups -OCH3 is 1. The van der Waals surface area contributed by atoms with Gasteiger partial charge in [-0.05, 0) is 47.2 Å². The lowest BCUT2D eigenvalue weighted by atomic mass is 10.3. The molecule has 2 aliphatic heterocycles. The predicted octanol–water partition coefficient (Wildman–Crippen LogP) is 1.41. The van der Waals surface area contributed by atoms with Crippen LogP contribution in [0.5, 0.6) is 5.75 Å². The van der Waals surface area contributed by atoms with Crippen LogP contribution < -0.4 is 15.0 Å². The summed E-state index contributed by atoms with van der Waals surface area (Å²) in [6, 6.07) is 12.6. The van der Waals surface area contributed by atoms with Gasteiger partial charge in [0.2, 0.25) is 0 Å². The highest BCUT2D eigenvalue weighted by molar-refractivity contribution is 6.32. The quantitative estimate of drug-likeness (QED) is 0.592. The molecule has 4 rings (SSSR count). The van der Waals surface area contributed by atoms with Crippen LogP contribution in [0.15, 0.2) is 53.6 Å². The third kappa shape index (κ3) is 3.71. The van der Waals surface area contributed by atoms with Crippen LogP contribution in [0.1, 0.15) is 0 Å². The number of anilines is 2. The zero-order chi connectivity index (χ0) is 21.3. The summed E-state index contributed by atoms with van der Waals surface area (Å²) in [6.07, 6.45) is -0.731. The van der Waals surface area contributed by atoms with Gasteiger partial charge in [0.1, 0.15) is 11.6 Å². The van der Waals surface area contributed by atoms with Crippen LogP contribution in [0.4, 0.5) is 15.8 Å². The van der Waals surface area contributed by atoms with E-state index >= 15 is 0 Å². The van der Waals surface area contributed by atoms with Gasteiger partial charge in [-0.2, -0.15) is 0 Å². The summed E-state index contributed by atoms with van der Waals surface area (Å²) in [5, 5.41) is 6.82. The maximum absolute atomic E-state index is 13.3. The molecule has 30 heavy (non-hydrogen) atoms. The lowest BCUT2D eigenvalue weighted by Crippen LogP contribution is -2.52. The zero-order valence-corrected chi connectivity index (χ0v) is 16.1. The first-order valence-corrected chi connectivity index (χ1v) is 9.25. The van der Waals surface area contributed by atoms with Crippen LogP contribution in [0, 0.1) is 5.82 Å². The fourth-order valence-corrected chi connectivity index (χ4v) is 3.41. The van der Waals surface area contributed by atoms with Crippen LogP contribution in [-0.4, -0.2) is 60.4 Å². The number of hydrogen-bond acceptors (Lipinski definition) is 6. The number of carbonyl (C=O) groups excluding carboxylic acids is 3. The van der Waals surface area contributed by atoms with Crippen LogP contribution in [0.3, 0.4) is 0 Å². The number of benzene rings is 2. The predicted molar refractivity (Wildman–Crippen MR) is 103 cm³/mol. The van der Waals surface area contributed by atoms with E-state index < -0.39 is 36.4 Å². The van der Waals surface area contributed by atoms with Gasteiger partial charge in [0.05, 0.1) is 7.11 Å². The Hall–Kier alpha value is -3.82. The Morgan fingerprint density at radius 3 is 2.63 bits per heavy atom.